The van der Waals surface area contributed by atoms with Gasteiger partial charge in [-0.15, -0.1) is 0 Å². The molecule has 2 rings (SSSR count). The van der Waals surface area contributed by atoms with Gasteiger partial charge in [-0.2, -0.15) is 5.26 Å². The first kappa shape index (κ1) is 11.9. The van der Waals surface area contributed by atoms with Crippen LogP contribution in [0.2, 0.25) is 0 Å². The number of likely N-dealkylation sites (N-methyl/N-ethyl adjacent to an activating group) is 1. The number of hydrogen-bond acceptors (Lipinski definition) is 3. The maximum Gasteiger partial charge on any atom is 0.0991 e. The minimum Gasteiger partial charge on any atom is -0.379 e. The van der Waals surface area contributed by atoms with Crippen molar-refractivity contribution >= 4 is 5.69 Å². The molecule has 0 amide bonds. The predicted molar refractivity (Wildman–Crippen MR) is 68.0 cm³/mol. The second kappa shape index (κ2) is 5.70. The lowest BCUT2D eigenvalue weighted by Gasteiger charge is -2.19. The Labute approximate surface area is 103 Å². The van der Waals surface area contributed by atoms with Gasteiger partial charge >= 0.3 is 0 Å². The van der Waals surface area contributed by atoms with Crippen molar-refractivity contribution in [2.75, 3.05) is 31.7 Å². The average Bonchev–Trinajstić information content (AvgIpc) is 3.18. The van der Waals surface area contributed by atoms with Crippen LogP contribution in [0.15, 0.2) is 24.3 Å². The minimum absolute atomic E-state index is 0.701. The quantitative estimate of drug-likeness (QED) is 0.704. The lowest BCUT2D eigenvalue weighted by molar-refractivity contribution is 0.131. The molecule has 0 unspecified atom stereocenters. The van der Waals surface area contributed by atoms with E-state index in [2.05, 4.69) is 11.0 Å². The molecule has 0 bridgehead atoms. The second-order valence-electron chi connectivity index (χ2n) is 4.60. The maximum atomic E-state index is 8.71. The molecular weight excluding hydrogens is 212 g/mol. The summed E-state index contributed by atoms with van der Waals surface area (Å²) in [6, 6.07) is 9.75. The van der Waals surface area contributed by atoms with Gasteiger partial charge in [-0.25, -0.2) is 0 Å². The first-order chi connectivity index (χ1) is 8.29. The molecule has 17 heavy (non-hydrogen) atoms. The predicted octanol–water partition coefficient (Wildman–Crippen LogP) is 2.42. The third kappa shape index (κ3) is 3.76. The van der Waals surface area contributed by atoms with Gasteiger partial charge in [0, 0.05) is 25.9 Å². The summed E-state index contributed by atoms with van der Waals surface area (Å²) < 4.78 is 5.60. The topological polar surface area (TPSA) is 36.3 Å². The Kier molecular flexibility index (Phi) is 4.00. The summed E-state index contributed by atoms with van der Waals surface area (Å²) >= 11 is 0. The first-order valence-corrected chi connectivity index (χ1v) is 6.08. The Balaban J connectivity index is 1.73. The first-order valence-electron chi connectivity index (χ1n) is 6.08. The van der Waals surface area contributed by atoms with Gasteiger partial charge in [0.25, 0.3) is 0 Å². The summed E-state index contributed by atoms with van der Waals surface area (Å²) in [6.45, 7) is 2.58. The summed E-state index contributed by atoms with van der Waals surface area (Å²) in [6.07, 6.45) is 2.68. The highest BCUT2D eigenvalue weighted by atomic mass is 16.5. The van der Waals surface area contributed by atoms with Crippen LogP contribution in [0, 0.1) is 17.2 Å². The number of nitrogens with zero attached hydrogens (tertiary/aromatic N) is 2. The lowest BCUT2D eigenvalue weighted by Crippen LogP contribution is -2.22. The Morgan fingerprint density at radius 3 is 2.65 bits per heavy atom. The van der Waals surface area contributed by atoms with Crippen molar-refractivity contribution in [2.24, 2.45) is 5.92 Å². The van der Waals surface area contributed by atoms with Gasteiger partial charge in [0.2, 0.25) is 0 Å². The van der Waals surface area contributed by atoms with Crippen molar-refractivity contribution in [2.45, 2.75) is 12.8 Å². The third-order valence-electron chi connectivity index (χ3n) is 3.06. The number of ether oxygens (including phenoxy) is 1. The van der Waals surface area contributed by atoms with Crippen molar-refractivity contribution in [3.63, 3.8) is 0 Å². The molecule has 0 aromatic heterocycles. The standard InChI is InChI=1S/C14H18N2O/c1-16(8-9-17-11-13-2-3-13)14-6-4-12(10-15)5-7-14/h4-7,13H,2-3,8-9,11H2,1H3. The molecule has 0 atom stereocenters. The van der Waals surface area contributed by atoms with Gasteiger partial charge in [0.1, 0.15) is 0 Å². The molecule has 1 saturated carbocycles. The van der Waals surface area contributed by atoms with Crippen LogP contribution in [-0.4, -0.2) is 26.8 Å². The van der Waals surface area contributed by atoms with E-state index in [1.807, 2.05) is 31.3 Å². The zero-order chi connectivity index (χ0) is 12.1. The molecule has 1 aliphatic carbocycles. The lowest BCUT2D eigenvalue weighted by atomic mass is 10.2. The van der Waals surface area contributed by atoms with Crippen molar-refractivity contribution in [1.82, 2.24) is 0 Å². The number of benzene rings is 1. The summed E-state index contributed by atoms with van der Waals surface area (Å²) in [5.74, 6) is 0.829. The van der Waals surface area contributed by atoms with Gasteiger partial charge < -0.3 is 9.64 Å². The summed E-state index contributed by atoms with van der Waals surface area (Å²) in [7, 11) is 2.04. The molecule has 3 nitrogen and oxygen atoms in total. The fourth-order valence-electron chi connectivity index (χ4n) is 1.66. The van der Waals surface area contributed by atoms with E-state index in [0.717, 1.165) is 31.4 Å². The molecule has 1 aromatic rings. The minimum atomic E-state index is 0.701. The smallest absolute Gasteiger partial charge is 0.0991 e. The van der Waals surface area contributed by atoms with E-state index in [1.165, 1.54) is 12.8 Å². The van der Waals surface area contributed by atoms with Crippen LogP contribution in [0.4, 0.5) is 5.69 Å². The molecule has 0 saturated heterocycles. The largest absolute Gasteiger partial charge is 0.379 e. The molecule has 0 aliphatic heterocycles. The maximum absolute atomic E-state index is 8.71. The van der Waals surface area contributed by atoms with Crippen LogP contribution in [0.3, 0.4) is 0 Å². The molecule has 1 fully saturated rings. The van der Waals surface area contributed by atoms with Crippen LogP contribution in [0.1, 0.15) is 18.4 Å². The third-order valence-corrected chi connectivity index (χ3v) is 3.06. The normalized spacial score (nSPS) is 14.4. The Morgan fingerprint density at radius 1 is 1.35 bits per heavy atom. The van der Waals surface area contributed by atoms with Gasteiger partial charge in [-0.1, -0.05) is 0 Å². The second-order valence-corrected chi connectivity index (χ2v) is 4.60. The van der Waals surface area contributed by atoms with E-state index >= 15 is 0 Å². The van der Waals surface area contributed by atoms with Gasteiger partial charge in [-0.05, 0) is 43.0 Å². The van der Waals surface area contributed by atoms with E-state index in [9.17, 15) is 0 Å². The Morgan fingerprint density at radius 2 is 2.06 bits per heavy atom. The molecule has 0 spiro atoms. The van der Waals surface area contributed by atoms with E-state index < -0.39 is 0 Å². The van der Waals surface area contributed by atoms with Crippen molar-refractivity contribution in [1.29, 1.82) is 5.26 Å². The number of nitriles is 1. The molecule has 3 heteroatoms. The molecular formula is C14H18N2O. The van der Waals surface area contributed by atoms with Crippen molar-refractivity contribution in [3.8, 4) is 6.07 Å². The number of rotatable bonds is 6. The molecule has 90 valence electrons. The molecule has 0 radical (unpaired) electrons. The van der Waals surface area contributed by atoms with Crippen LogP contribution >= 0.6 is 0 Å². The summed E-state index contributed by atoms with van der Waals surface area (Å²) in [5, 5.41) is 8.71. The van der Waals surface area contributed by atoms with Crippen LogP contribution in [-0.2, 0) is 4.74 Å². The zero-order valence-corrected chi connectivity index (χ0v) is 10.2. The SMILES string of the molecule is CN(CCOCC1CC1)c1ccc(C#N)cc1. The number of hydrogen-bond donors (Lipinski definition) is 0. The highest BCUT2D eigenvalue weighted by molar-refractivity contribution is 5.48. The van der Waals surface area contributed by atoms with Gasteiger partial charge in [0.15, 0.2) is 0 Å². The summed E-state index contributed by atoms with van der Waals surface area (Å²) in [5.41, 5.74) is 1.83. The van der Waals surface area contributed by atoms with E-state index in [4.69, 9.17) is 10.00 Å². The average molecular weight is 230 g/mol. The molecule has 0 heterocycles. The van der Waals surface area contributed by atoms with Crippen molar-refractivity contribution in [3.05, 3.63) is 29.8 Å². The Hall–Kier alpha value is -1.53. The highest BCUT2D eigenvalue weighted by Gasteiger charge is 2.20. The molecule has 0 N–H and O–H groups in total. The monoisotopic (exact) mass is 230 g/mol. The summed E-state index contributed by atoms with van der Waals surface area (Å²) in [4.78, 5) is 2.15. The van der Waals surface area contributed by atoms with Crippen LogP contribution in [0.5, 0.6) is 0 Å². The number of anilines is 1. The van der Waals surface area contributed by atoms with E-state index in [-0.39, 0.29) is 0 Å². The van der Waals surface area contributed by atoms with E-state index in [1.54, 1.807) is 0 Å². The van der Waals surface area contributed by atoms with Crippen LogP contribution in [0.25, 0.3) is 0 Å². The fourth-order valence-corrected chi connectivity index (χ4v) is 1.66. The van der Waals surface area contributed by atoms with E-state index in [0.29, 0.717) is 5.56 Å². The van der Waals surface area contributed by atoms with Crippen LogP contribution < -0.4 is 4.90 Å². The Bertz CT molecular complexity index is 390. The fraction of sp³-hybridized carbons (Fsp3) is 0.500. The zero-order valence-electron chi connectivity index (χ0n) is 10.2. The molecule has 1 aliphatic rings. The van der Waals surface area contributed by atoms with Crippen molar-refractivity contribution < 1.29 is 4.74 Å². The van der Waals surface area contributed by atoms with Gasteiger partial charge in [-0.3, -0.25) is 0 Å². The van der Waals surface area contributed by atoms with Gasteiger partial charge in [0.05, 0.1) is 18.2 Å². The highest BCUT2D eigenvalue weighted by Crippen LogP contribution is 2.28. The molecule has 1 aromatic carbocycles.